The van der Waals surface area contributed by atoms with E-state index in [2.05, 4.69) is 23.9 Å². The van der Waals surface area contributed by atoms with Gasteiger partial charge in [0.15, 0.2) is 0 Å². The normalized spacial score (nSPS) is 29.7. The van der Waals surface area contributed by atoms with Crippen molar-refractivity contribution in [1.29, 1.82) is 0 Å². The Morgan fingerprint density at radius 1 is 1.39 bits per heavy atom. The lowest BCUT2D eigenvalue weighted by Gasteiger charge is -2.43. The predicted molar refractivity (Wildman–Crippen MR) is 74.7 cm³/mol. The smallest absolute Gasteiger partial charge is 0.0472 e. The fourth-order valence-corrected chi connectivity index (χ4v) is 3.39. The molecule has 2 heterocycles. The minimum absolute atomic E-state index is 0.295. The molecule has 18 heavy (non-hydrogen) atoms. The first-order valence-electron chi connectivity index (χ1n) is 7.32. The van der Waals surface area contributed by atoms with E-state index < -0.39 is 0 Å². The van der Waals surface area contributed by atoms with Crippen LogP contribution in [0.25, 0.3) is 0 Å². The van der Waals surface area contributed by atoms with Crippen LogP contribution in [0.5, 0.6) is 0 Å². The summed E-state index contributed by atoms with van der Waals surface area (Å²) >= 11 is 0. The number of ether oxygens (including phenoxy) is 1. The van der Waals surface area contributed by atoms with Crippen LogP contribution in [0.1, 0.15) is 25.7 Å². The van der Waals surface area contributed by atoms with E-state index in [0.29, 0.717) is 11.5 Å². The van der Waals surface area contributed by atoms with Crippen LogP contribution in [0.15, 0.2) is 0 Å². The number of likely N-dealkylation sites (tertiary alicyclic amines) is 1. The molecular formula is C14H29N3O. The van der Waals surface area contributed by atoms with Crippen molar-refractivity contribution >= 4 is 0 Å². The number of rotatable bonds is 4. The summed E-state index contributed by atoms with van der Waals surface area (Å²) in [6.07, 6.45) is 4.90. The number of nitrogens with two attached hydrogens (primary N) is 1. The third kappa shape index (κ3) is 3.44. The van der Waals surface area contributed by atoms with Gasteiger partial charge in [-0.2, -0.15) is 0 Å². The lowest BCUT2D eigenvalue weighted by atomic mass is 9.79. The van der Waals surface area contributed by atoms with Gasteiger partial charge in [0.2, 0.25) is 0 Å². The first kappa shape index (κ1) is 14.3. The topological polar surface area (TPSA) is 41.7 Å². The van der Waals surface area contributed by atoms with Gasteiger partial charge in [-0.3, -0.25) is 0 Å². The fraction of sp³-hybridized carbons (Fsp3) is 1.00. The van der Waals surface area contributed by atoms with Crippen LogP contribution in [-0.2, 0) is 4.74 Å². The quantitative estimate of drug-likeness (QED) is 0.805. The maximum atomic E-state index is 6.05. The van der Waals surface area contributed by atoms with Crippen LogP contribution >= 0.6 is 0 Å². The van der Waals surface area contributed by atoms with Crippen molar-refractivity contribution in [1.82, 2.24) is 9.80 Å². The molecule has 2 aliphatic rings. The number of likely N-dealkylation sites (N-methyl/N-ethyl adjacent to an activating group) is 2. The number of nitrogens with zero attached hydrogens (tertiary/aromatic N) is 2. The van der Waals surface area contributed by atoms with Crippen LogP contribution in [0.3, 0.4) is 0 Å². The highest BCUT2D eigenvalue weighted by molar-refractivity contribution is 4.88. The van der Waals surface area contributed by atoms with Gasteiger partial charge in [-0.15, -0.1) is 0 Å². The summed E-state index contributed by atoms with van der Waals surface area (Å²) in [4.78, 5) is 5.00. The van der Waals surface area contributed by atoms with Gasteiger partial charge in [0.25, 0.3) is 0 Å². The zero-order valence-corrected chi connectivity index (χ0v) is 12.0. The van der Waals surface area contributed by atoms with Gasteiger partial charge in [-0.1, -0.05) is 0 Å². The molecule has 0 aromatic rings. The predicted octanol–water partition coefficient (Wildman–Crippen LogP) is 0.768. The third-order valence-electron chi connectivity index (χ3n) is 4.79. The Morgan fingerprint density at radius 2 is 2.11 bits per heavy atom. The second kappa shape index (κ2) is 6.33. The van der Waals surface area contributed by atoms with E-state index >= 15 is 0 Å². The van der Waals surface area contributed by atoms with Crippen molar-refractivity contribution in [2.45, 2.75) is 31.7 Å². The molecule has 2 rings (SSSR count). The van der Waals surface area contributed by atoms with E-state index in [1.54, 1.807) is 0 Å². The SMILES string of the molecule is CN1CCCC(N(C)CC2(CN)CCOCC2)C1. The highest BCUT2D eigenvalue weighted by Gasteiger charge is 2.34. The molecule has 2 aliphatic heterocycles. The molecular weight excluding hydrogens is 226 g/mol. The Morgan fingerprint density at radius 3 is 2.72 bits per heavy atom. The van der Waals surface area contributed by atoms with Gasteiger partial charge in [-0.25, -0.2) is 0 Å². The lowest BCUT2D eigenvalue weighted by molar-refractivity contribution is -0.00792. The summed E-state index contributed by atoms with van der Waals surface area (Å²) in [5.74, 6) is 0. The molecule has 2 saturated heterocycles. The standard InChI is InChI=1S/C14H29N3O/c1-16-7-3-4-13(10-16)17(2)12-14(11-15)5-8-18-9-6-14/h13H,3-12,15H2,1-2H3. The number of piperidine rings is 1. The van der Waals surface area contributed by atoms with Crippen LogP contribution < -0.4 is 5.73 Å². The summed E-state index contributed by atoms with van der Waals surface area (Å²) in [6, 6.07) is 0.704. The molecule has 0 spiro atoms. The summed E-state index contributed by atoms with van der Waals surface area (Å²) in [5, 5.41) is 0. The summed E-state index contributed by atoms with van der Waals surface area (Å²) in [7, 11) is 4.50. The monoisotopic (exact) mass is 255 g/mol. The Bertz CT molecular complexity index is 253. The van der Waals surface area contributed by atoms with Crippen molar-refractivity contribution < 1.29 is 4.74 Å². The van der Waals surface area contributed by atoms with Gasteiger partial charge in [0.1, 0.15) is 0 Å². The molecule has 4 heteroatoms. The molecule has 2 fully saturated rings. The molecule has 1 atom stereocenters. The molecule has 0 aromatic carbocycles. The second-order valence-electron chi connectivity index (χ2n) is 6.29. The molecule has 0 saturated carbocycles. The van der Waals surface area contributed by atoms with Crippen molar-refractivity contribution in [2.75, 3.05) is 53.5 Å². The maximum Gasteiger partial charge on any atom is 0.0472 e. The second-order valence-corrected chi connectivity index (χ2v) is 6.29. The first-order valence-corrected chi connectivity index (χ1v) is 7.32. The fourth-order valence-electron chi connectivity index (χ4n) is 3.39. The van der Waals surface area contributed by atoms with Crippen LogP contribution in [0.4, 0.5) is 0 Å². The average molecular weight is 255 g/mol. The lowest BCUT2D eigenvalue weighted by Crippen LogP contribution is -2.51. The zero-order chi connectivity index (χ0) is 13.0. The van der Waals surface area contributed by atoms with Crippen LogP contribution in [-0.4, -0.2) is 69.3 Å². The maximum absolute atomic E-state index is 6.05. The molecule has 106 valence electrons. The third-order valence-corrected chi connectivity index (χ3v) is 4.79. The Kier molecular flexibility index (Phi) is 5.01. The van der Waals surface area contributed by atoms with E-state index in [1.165, 1.54) is 25.9 Å². The molecule has 2 N–H and O–H groups in total. The highest BCUT2D eigenvalue weighted by atomic mass is 16.5. The van der Waals surface area contributed by atoms with E-state index in [1.807, 2.05) is 0 Å². The van der Waals surface area contributed by atoms with Gasteiger partial charge < -0.3 is 20.3 Å². The molecule has 1 unspecified atom stereocenters. The van der Waals surface area contributed by atoms with Gasteiger partial charge >= 0.3 is 0 Å². The molecule has 0 aliphatic carbocycles. The van der Waals surface area contributed by atoms with E-state index in [9.17, 15) is 0 Å². The van der Waals surface area contributed by atoms with E-state index in [-0.39, 0.29) is 0 Å². The average Bonchev–Trinajstić information content (AvgIpc) is 2.40. The molecule has 0 bridgehead atoms. The van der Waals surface area contributed by atoms with Gasteiger partial charge in [-0.05, 0) is 58.3 Å². The largest absolute Gasteiger partial charge is 0.381 e. The van der Waals surface area contributed by atoms with Crippen molar-refractivity contribution in [3.63, 3.8) is 0 Å². The first-order chi connectivity index (χ1) is 8.65. The van der Waals surface area contributed by atoms with Crippen LogP contribution in [0, 0.1) is 5.41 Å². The zero-order valence-electron chi connectivity index (χ0n) is 12.0. The summed E-state index contributed by atoms with van der Waals surface area (Å²) in [6.45, 7) is 6.15. The minimum Gasteiger partial charge on any atom is -0.381 e. The molecule has 0 amide bonds. The molecule has 0 radical (unpaired) electrons. The number of hydrogen-bond donors (Lipinski definition) is 1. The Hall–Kier alpha value is -0.160. The summed E-state index contributed by atoms with van der Waals surface area (Å²) < 4.78 is 5.49. The Labute approximate surface area is 111 Å². The molecule has 4 nitrogen and oxygen atoms in total. The van der Waals surface area contributed by atoms with Gasteiger partial charge in [0, 0.05) is 32.3 Å². The van der Waals surface area contributed by atoms with E-state index in [4.69, 9.17) is 10.5 Å². The van der Waals surface area contributed by atoms with Gasteiger partial charge in [0.05, 0.1) is 0 Å². The van der Waals surface area contributed by atoms with Crippen LogP contribution in [0.2, 0.25) is 0 Å². The van der Waals surface area contributed by atoms with Crippen molar-refractivity contribution in [2.24, 2.45) is 11.1 Å². The minimum atomic E-state index is 0.295. The molecule has 0 aromatic heterocycles. The summed E-state index contributed by atoms with van der Waals surface area (Å²) in [5.41, 5.74) is 6.35. The van der Waals surface area contributed by atoms with Crippen molar-refractivity contribution in [3.8, 4) is 0 Å². The highest BCUT2D eigenvalue weighted by Crippen LogP contribution is 2.31. The van der Waals surface area contributed by atoms with E-state index in [0.717, 1.165) is 39.1 Å². The van der Waals surface area contributed by atoms with Crippen molar-refractivity contribution in [3.05, 3.63) is 0 Å². The Balaban J connectivity index is 1.89. The number of hydrogen-bond acceptors (Lipinski definition) is 4.